The van der Waals surface area contributed by atoms with Crippen LogP contribution < -0.4 is 10.4 Å². The molecule has 0 aliphatic rings. The number of nitrogens with one attached hydrogen (secondary N) is 1. The first-order valence-electron chi connectivity index (χ1n) is 4.80. The van der Waals surface area contributed by atoms with Crippen LogP contribution in [0.1, 0.15) is 25.3 Å². The maximum atomic E-state index is 10.4. The van der Waals surface area contributed by atoms with E-state index in [9.17, 15) is 9.90 Å². The number of rotatable bonds is 4. The number of carbonyl (C=O) groups is 1. The zero-order valence-electron chi connectivity index (χ0n) is 8.25. The van der Waals surface area contributed by atoms with Crippen LogP contribution in [-0.4, -0.2) is 6.09 Å². The monoisotopic (exact) mass is 192 g/mol. The number of carboxylic acid groups (broad SMARTS) is 1. The Bertz CT molecular complexity index is 310. The molecule has 0 aromatic heterocycles. The van der Waals surface area contributed by atoms with Crippen molar-refractivity contribution in [1.29, 1.82) is 0 Å². The molecule has 1 rings (SSSR count). The fourth-order valence-electron chi connectivity index (χ4n) is 1.34. The van der Waals surface area contributed by atoms with Gasteiger partial charge in [-0.2, -0.15) is 0 Å². The van der Waals surface area contributed by atoms with Gasteiger partial charge in [0, 0.05) is 5.69 Å². The summed E-state index contributed by atoms with van der Waals surface area (Å²) in [6.07, 6.45) is 1.80. The highest BCUT2D eigenvalue weighted by molar-refractivity contribution is 5.82. The van der Waals surface area contributed by atoms with Gasteiger partial charge in [-0.3, -0.25) is 0 Å². The third-order valence-corrected chi connectivity index (χ3v) is 2.05. The van der Waals surface area contributed by atoms with Crippen molar-refractivity contribution in [3.63, 3.8) is 0 Å². The van der Waals surface area contributed by atoms with E-state index >= 15 is 0 Å². The zero-order valence-corrected chi connectivity index (χ0v) is 8.25. The van der Waals surface area contributed by atoms with Crippen molar-refractivity contribution in [2.45, 2.75) is 26.2 Å². The van der Waals surface area contributed by atoms with Gasteiger partial charge in [-0.25, -0.2) is 0 Å². The molecule has 0 aliphatic carbocycles. The van der Waals surface area contributed by atoms with Crippen LogP contribution in [0.5, 0.6) is 0 Å². The van der Waals surface area contributed by atoms with Crippen molar-refractivity contribution >= 4 is 11.8 Å². The lowest BCUT2D eigenvalue weighted by molar-refractivity contribution is -0.242. The first-order valence-corrected chi connectivity index (χ1v) is 4.80. The fourth-order valence-corrected chi connectivity index (χ4v) is 1.34. The van der Waals surface area contributed by atoms with Crippen LogP contribution in [0.15, 0.2) is 24.3 Å². The molecular weight excluding hydrogens is 178 g/mol. The lowest BCUT2D eigenvalue weighted by atomic mass is 10.1. The summed E-state index contributed by atoms with van der Waals surface area (Å²) in [6.45, 7) is 2.11. The second-order valence-electron chi connectivity index (χ2n) is 3.17. The smallest absolute Gasteiger partial charge is 0.138 e. The Morgan fingerprint density at radius 2 is 2.14 bits per heavy atom. The summed E-state index contributed by atoms with van der Waals surface area (Å²) < 4.78 is 0. The van der Waals surface area contributed by atoms with Gasteiger partial charge in [0.25, 0.3) is 0 Å². The predicted octanol–water partition coefficient (Wildman–Crippen LogP) is 1.78. The number of para-hydroxylation sites is 1. The number of amides is 1. The maximum absolute atomic E-state index is 10.4. The van der Waals surface area contributed by atoms with Crippen molar-refractivity contribution in [3.8, 4) is 0 Å². The van der Waals surface area contributed by atoms with Gasteiger partial charge in [0.15, 0.2) is 0 Å². The van der Waals surface area contributed by atoms with E-state index in [0.717, 1.165) is 24.8 Å². The predicted molar refractivity (Wildman–Crippen MR) is 54.1 cm³/mol. The summed E-state index contributed by atoms with van der Waals surface area (Å²) >= 11 is 0. The number of carbonyl (C=O) groups excluding carboxylic acids is 1. The van der Waals surface area contributed by atoms with Crippen LogP contribution in [0.25, 0.3) is 0 Å². The highest BCUT2D eigenvalue weighted by Gasteiger charge is 1.99. The van der Waals surface area contributed by atoms with Gasteiger partial charge in [-0.1, -0.05) is 31.5 Å². The zero-order chi connectivity index (χ0) is 10.4. The van der Waals surface area contributed by atoms with Crippen molar-refractivity contribution in [2.75, 3.05) is 5.32 Å². The topological polar surface area (TPSA) is 52.2 Å². The Labute approximate surface area is 83.8 Å². The van der Waals surface area contributed by atoms with Gasteiger partial charge in [-0.15, -0.1) is 0 Å². The van der Waals surface area contributed by atoms with Crippen LogP contribution in [0.2, 0.25) is 0 Å². The average Bonchev–Trinajstić information content (AvgIpc) is 2.16. The number of hydrogen-bond acceptors (Lipinski definition) is 2. The summed E-state index contributed by atoms with van der Waals surface area (Å²) in [7, 11) is 0. The summed E-state index contributed by atoms with van der Waals surface area (Å²) in [6, 6.07) is 7.40. The molecule has 14 heavy (non-hydrogen) atoms. The summed E-state index contributed by atoms with van der Waals surface area (Å²) in [5.41, 5.74) is 1.67. The van der Waals surface area contributed by atoms with E-state index in [1.807, 2.05) is 12.1 Å². The maximum Gasteiger partial charge on any atom is 0.138 e. The van der Waals surface area contributed by atoms with Crippen molar-refractivity contribution in [1.82, 2.24) is 0 Å². The summed E-state index contributed by atoms with van der Waals surface area (Å²) in [4.78, 5) is 10.4. The Morgan fingerprint density at radius 1 is 1.43 bits per heavy atom. The van der Waals surface area contributed by atoms with Gasteiger partial charge < -0.3 is 15.2 Å². The van der Waals surface area contributed by atoms with Gasteiger partial charge >= 0.3 is 0 Å². The molecule has 1 aromatic rings. The molecule has 3 heteroatoms. The van der Waals surface area contributed by atoms with Crippen molar-refractivity contribution < 1.29 is 9.90 Å². The van der Waals surface area contributed by atoms with E-state index in [1.54, 1.807) is 12.1 Å². The molecule has 0 unspecified atom stereocenters. The first-order chi connectivity index (χ1) is 6.74. The lowest BCUT2D eigenvalue weighted by Crippen LogP contribution is -2.29. The van der Waals surface area contributed by atoms with E-state index in [1.165, 1.54) is 0 Å². The van der Waals surface area contributed by atoms with Crippen LogP contribution >= 0.6 is 0 Å². The van der Waals surface area contributed by atoms with E-state index in [2.05, 4.69) is 12.2 Å². The molecule has 0 heterocycles. The van der Waals surface area contributed by atoms with Gasteiger partial charge in [-0.05, 0) is 24.5 Å². The van der Waals surface area contributed by atoms with Crippen LogP contribution in [0.3, 0.4) is 0 Å². The Balaban J connectivity index is 2.74. The molecule has 0 saturated carbocycles. The Kier molecular flexibility index (Phi) is 3.98. The largest absolute Gasteiger partial charge is 0.530 e. The molecule has 1 aromatic carbocycles. The lowest BCUT2D eigenvalue weighted by Gasteiger charge is -2.11. The van der Waals surface area contributed by atoms with Crippen LogP contribution in [-0.2, 0) is 6.42 Å². The average molecular weight is 192 g/mol. The number of benzene rings is 1. The van der Waals surface area contributed by atoms with Crippen molar-refractivity contribution in [2.24, 2.45) is 0 Å². The molecule has 0 saturated heterocycles. The number of unbranched alkanes of at least 4 members (excludes halogenated alkanes) is 1. The van der Waals surface area contributed by atoms with Gasteiger partial charge in [0.1, 0.15) is 6.09 Å². The molecule has 76 valence electrons. The fraction of sp³-hybridized carbons (Fsp3) is 0.364. The number of anilines is 1. The van der Waals surface area contributed by atoms with E-state index < -0.39 is 6.09 Å². The van der Waals surface area contributed by atoms with E-state index in [0.29, 0.717) is 5.69 Å². The molecule has 0 radical (unpaired) electrons. The second-order valence-corrected chi connectivity index (χ2v) is 3.17. The van der Waals surface area contributed by atoms with Crippen LogP contribution in [0.4, 0.5) is 10.5 Å². The minimum Gasteiger partial charge on any atom is -0.530 e. The minimum absolute atomic E-state index is 0.640. The molecule has 0 atom stereocenters. The SMILES string of the molecule is CCCCc1ccccc1NC(=O)[O-]. The molecule has 3 nitrogen and oxygen atoms in total. The van der Waals surface area contributed by atoms with E-state index in [-0.39, 0.29) is 0 Å². The Morgan fingerprint density at radius 3 is 2.79 bits per heavy atom. The third-order valence-electron chi connectivity index (χ3n) is 2.05. The second kappa shape index (κ2) is 5.27. The third kappa shape index (κ3) is 3.09. The molecule has 1 amide bonds. The molecule has 0 aliphatic heterocycles. The molecule has 0 bridgehead atoms. The van der Waals surface area contributed by atoms with Crippen molar-refractivity contribution in [3.05, 3.63) is 29.8 Å². The highest BCUT2D eigenvalue weighted by Crippen LogP contribution is 2.16. The first kappa shape index (κ1) is 10.6. The van der Waals surface area contributed by atoms with Gasteiger partial charge in [0.05, 0.1) is 0 Å². The van der Waals surface area contributed by atoms with E-state index in [4.69, 9.17) is 0 Å². The summed E-state index contributed by atoms with van der Waals surface area (Å²) in [5.74, 6) is 0. The minimum atomic E-state index is -1.26. The number of hydrogen-bond donors (Lipinski definition) is 1. The summed E-state index contributed by atoms with van der Waals surface area (Å²) in [5, 5.41) is 12.7. The standard InChI is InChI=1S/C11H15NO2/c1-2-3-6-9-7-4-5-8-10(9)12-11(13)14/h4-5,7-8,12H,2-3,6H2,1H3,(H,13,14)/p-1. The molecule has 0 fully saturated rings. The molecular formula is C11H14NO2-. The van der Waals surface area contributed by atoms with Gasteiger partial charge in [0.2, 0.25) is 0 Å². The molecule has 1 N–H and O–H groups in total. The number of aryl methyl sites for hydroxylation is 1. The normalized spacial score (nSPS) is 9.79. The van der Waals surface area contributed by atoms with Crippen LogP contribution in [0, 0.1) is 0 Å². The Hall–Kier alpha value is -1.51. The highest BCUT2D eigenvalue weighted by atomic mass is 16.4. The molecule has 0 spiro atoms. The quantitative estimate of drug-likeness (QED) is 0.790.